The Morgan fingerprint density at radius 2 is 2.00 bits per heavy atom. The average Bonchev–Trinajstić information content (AvgIpc) is 2.67. The second-order valence-electron chi connectivity index (χ2n) is 4.50. The second kappa shape index (κ2) is 3.91. The molecule has 1 aromatic carbocycles. The van der Waals surface area contributed by atoms with E-state index in [-0.39, 0.29) is 24.7 Å². The van der Waals surface area contributed by atoms with Crippen molar-refractivity contribution in [2.75, 3.05) is 11.4 Å². The maximum atomic E-state index is 11.8. The molecule has 0 spiro atoms. The molecule has 2 heterocycles. The fourth-order valence-corrected chi connectivity index (χ4v) is 2.31. The Hall–Kier alpha value is -2.23. The van der Waals surface area contributed by atoms with E-state index in [9.17, 15) is 9.59 Å². The van der Waals surface area contributed by atoms with Gasteiger partial charge < -0.3 is 4.90 Å². The number of nitrogens with zero attached hydrogens (tertiary/aromatic N) is 2. The van der Waals surface area contributed by atoms with Gasteiger partial charge in [0.1, 0.15) is 0 Å². The summed E-state index contributed by atoms with van der Waals surface area (Å²) in [7, 11) is 0. The summed E-state index contributed by atoms with van der Waals surface area (Å²) >= 11 is 0. The van der Waals surface area contributed by atoms with Crippen molar-refractivity contribution in [1.82, 2.24) is 4.98 Å². The summed E-state index contributed by atoms with van der Waals surface area (Å²) in [6.07, 6.45) is 0.00962. The Morgan fingerprint density at radius 3 is 2.72 bits per heavy atom. The van der Waals surface area contributed by atoms with E-state index in [2.05, 4.69) is 4.98 Å². The van der Waals surface area contributed by atoms with Crippen molar-refractivity contribution in [3.05, 3.63) is 36.0 Å². The SMILES string of the molecule is Cc1cc(N2CC(=O)CC2=O)c2ccccc2n1. The summed E-state index contributed by atoms with van der Waals surface area (Å²) < 4.78 is 0. The Labute approximate surface area is 104 Å². The molecule has 4 heteroatoms. The number of carbonyl (C=O) groups is 2. The number of ketones is 1. The van der Waals surface area contributed by atoms with Gasteiger partial charge in [0.25, 0.3) is 0 Å². The third-order valence-corrected chi connectivity index (χ3v) is 3.10. The molecule has 1 aromatic heterocycles. The van der Waals surface area contributed by atoms with E-state index >= 15 is 0 Å². The number of benzene rings is 1. The van der Waals surface area contributed by atoms with Crippen LogP contribution >= 0.6 is 0 Å². The Kier molecular flexibility index (Phi) is 2.37. The van der Waals surface area contributed by atoms with Gasteiger partial charge in [-0.05, 0) is 19.1 Å². The fraction of sp³-hybridized carbons (Fsp3) is 0.214. The normalized spacial score (nSPS) is 15.7. The van der Waals surface area contributed by atoms with Crippen molar-refractivity contribution in [2.24, 2.45) is 0 Å². The molecule has 0 aliphatic carbocycles. The van der Waals surface area contributed by atoms with Crippen LogP contribution in [0.4, 0.5) is 5.69 Å². The third kappa shape index (κ3) is 1.66. The van der Waals surface area contributed by atoms with Gasteiger partial charge in [0.05, 0.1) is 24.2 Å². The molecule has 18 heavy (non-hydrogen) atoms. The molecule has 1 aliphatic heterocycles. The van der Waals surface area contributed by atoms with Crippen LogP contribution < -0.4 is 4.90 Å². The molecule has 0 unspecified atom stereocenters. The predicted octanol–water partition coefficient (Wildman–Crippen LogP) is 1.85. The summed E-state index contributed by atoms with van der Waals surface area (Å²) in [4.78, 5) is 29.2. The van der Waals surface area contributed by atoms with Crippen LogP contribution in [0.25, 0.3) is 10.9 Å². The largest absolute Gasteiger partial charge is 0.304 e. The number of amides is 1. The molecule has 1 saturated heterocycles. The first-order valence-electron chi connectivity index (χ1n) is 5.83. The van der Waals surface area contributed by atoms with Crippen molar-refractivity contribution in [1.29, 1.82) is 0 Å². The highest BCUT2D eigenvalue weighted by Crippen LogP contribution is 2.29. The highest BCUT2D eigenvalue weighted by Gasteiger charge is 2.29. The van der Waals surface area contributed by atoms with Gasteiger partial charge in [0.15, 0.2) is 5.78 Å². The van der Waals surface area contributed by atoms with Crippen LogP contribution in [0, 0.1) is 6.92 Å². The molecule has 90 valence electrons. The second-order valence-corrected chi connectivity index (χ2v) is 4.50. The molecule has 0 N–H and O–H groups in total. The summed E-state index contributed by atoms with van der Waals surface area (Å²) in [6.45, 7) is 2.06. The molecule has 2 aromatic rings. The molecule has 1 fully saturated rings. The first kappa shape index (κ1) is 10.9. The lowest BCUT2D eigenvalue weighted by molar-refractivity contribution is -0.121. The van der Waals surface area contributed by atoms with Crippen LogP contribution in [0.2, 0.25) is 0 Å². The number of hydrogen-bond donors (Lipinski definition) is 0. The number of pyridine rings is 1. The molecule has 3 rings (SSSR count). The Bertz CT molecular complexity index is 664. The summed E-state index contributed by atoms with van der Waals surface area (Å²) in [5.74, 6) is -0.158. The van der Waals surface area contributed by atoms with Crippen molar-refractivity contribution >= 4 is 28.3 Å². The highest BCUT2D eigenvalue weighted by atomic mass is 16.2. The Balaban J connectivity index is 2.22. The maximum absolute atomic E-state index is 11.8. The van der Waals surface area contributed by atoms with Crippen LogP contribution in [0.3, 0.4) is 0 Å². The minimum Gasteiger partial charge on any atom is -0.304 e. The summed E-state index contributed by atoms with van der Waals surface area (Å²) in [5, 5.41) is 0.908. The number of Topliss-reactive ketones (excluding diaryl/α,β-unsaturated/α-hetero) is 1. The lowest BCUT2D eigenvalue weighted by atomic mass is 10.1. The van der Waals surface area contributed by atoms with Crippen LogP contribution in [0.15, 0.2) is 30.3 Å². The quantitative estimate of drug-likeness (QED) is 0.715. The van der Waals surface area contributed by atoms with Gasteiger partial charge in [-0.1, -0.05) is 18.2 Å². The molecular weight excluding hydrogens is 228 g/mol. The van der Waals surface area contributed by atoms with Crippen molar-refractivity contribution < 1.29 is 9.59 Å². The smallest absolute Gasteiger partial charge is 0.234 e. The standard InChI is InChI=1S/C14H12N2O2/c1-9-6-13(16-8-10(17)7-14(16)18)11-4-2-3-5-12(11)15-9/h2-6H,7-8H2,1H3. The number of fused-ring (bicyclic) bond motifs is 1. The number of aromatic nitrogens is 1. The number of hydrogen-bond acceptors (Lipinski definition) is 3. The monoisotopic (exact) mass is 240 g/mol. The van der Waals surface area contributed by atoms with Gasteiger partial charge >= 0.3 is 0 Å². The molecule has 4 nitrogen and oxygen atoms in total. The molecule has 0 bridgehead atoms. The zero-order valence-corrected chi connectivity index (χ0v) is 10.0. The fourth-order valence-electron chi connectivity index (χ4n) is 2.31. The van der Waals surface area contributed by atoms with E-state index < -0.39 is 0 Å². The summed E-state index contributed by atoms with van der Waals surface area (Å²) in [6, 6.07) is 9.51. The van der Waals surface area contributed by atoms with Gasteiger partial charge in [-0.3, -0.25) is 14.6 Å². The van der Waals surface area contributed by atoms with E-state index in [0.29, 0.717) is 0 Å². The van der Waals surface area contributed by atoms with E-state index in [1.807, 2.05) is 37.3 Å². The van der Waals surface area contributed by atoms with Gasteiger partial charge in [-0.2, -0.15) is 0 Å². The first-order valence-corrected chi connectivity index (χ1v) is 5.83. The average molecular weight is 240 g/mol. The highest BCUT2D eigenvalue weighted by molar-refractivity contribution is 6.17. The number of anilines is 1. The predicted molar refractivity (Wildman–Crippen MR) is 68.5 cm³/mol. The van der Waals surface area contributed by atoms with Gasteiger partial charge in [0, 0.05) is 11.1 Å². The van der Waals surface area contributed by atoms with Crippen LogP contribution in [-0.2, 0) is 9.59 Å². The maximum Gasteiger partial charge on any atom is 0.234 e. The van der Waals surface area contributed by atoms with E-state index in [0.717, 1.165) is 22.3 Å². The van der Waals surface area contributed by atoms with Gasteiger partial charge in [-0.15, -0.1) is 0 Å². The zero-order valence-electron chi connectivity index (χ0n) is 10.0. The number of rotatable bonds is 1. The molecule has 0 saturated carbocycles. The summed E-state index contributed by atoms with van der Waals surface area (Å²) in [5.41, 5.74) is 2.48. The molecule has 0 radical (unpaired) electrons. The first-order chi connectivity index (χ1) is 8.65. The zero-order chi connectivity index (χ0) is 12.7. The number of para-hydroxylation sites is 1. The molecule has 0 atom stereocenters. The van der Waals surface area contributed by atoms with E-state index in [1.165, 1.54) is 0 Å². The molecule has 1 amide bonds. The third-order valence-electron chi connectivity index (χ3n) is 3.10. The van der Waals surface area contributed by atoms with Crippen molar-refractivity contribution in [2.45, 2.75) is 13.3 Å². The number of aryl methyl sites for hydroxylation is 1. The van der Waals surface area contributed by atoms with E-state index in [4.69, 9.17) is 0 Å². The molecular formula is C14H12N2O2. The lowest BCUT2D eigenvalue weighted by Crippen LogP contribution is -2.25. The van der Waals surface area contributed by atoms with Crippen LogP contribution in [0.5, 0.6) is 0 Å². The van der Waals surface area contributed by atoms with Gasteiger partial charge in [0.2, 0.25) is 5.91 Å². The topological polar surface area (TPSA) is 50.3 Å². The van der Waals surface area contributed by atoms with Crippen molar-refractivity contribution in [3.8, 4) is 0 Å². The Morgan fingerprint density at radius 1 is 1.22 bits per heavy atom. The van der Waals surface area contributed by atoms with Crippen molar-refractivity contribution in [3.63, 3.8) is 0 Å². The lowest BCUT2D eigenvalue weighted by Gasteiger charge is -2.17. The minimum absolute atomic E-state index is 0.00962. The number of carbonyl (C=O) groups excluding carboxylic acids is 2. The minimum atomic E-state index is -0.129. The van der Waals surface area contributed by atoms with E-state index in [1.54, 1.807) is 4.90 Å². The molecule has 1 aliphatic rings. The van der Waals surface area contributed by atoms with Crippen LogP contribution in [-0.4, -0.2) is 23.2 Å². The van der Waals surface area contributed by atoms with Gasteiger partial charge in [-0.25, -0.2) is 0 Å². The van der Waals surface area contributed by atoms with Crippen LogP contribution in [0.1, 0.15) is 12.1 Å².